The fourth-order valence-corrected chi connectivity index (χ4v) is 5.53. The Morgan fingerprint density at radius 2 is 1.74 bits per heavy atom. The summed E-state index contributed by atoms with van der Waals surface area (Å²) in [6.45, 7) is 1.91. The second kappa shape index (κ2) is 9.79. The van der Waals surface area contributed by atoms with Crippen molar-refractivity contribution in [1.29, 1.82) is 0 Å². The number of hydrogen-bond acceptors (Lipinski definition) is 6. The van der Waals surface area contributed by atoms with Crippen LogP contribution in [-0.4, -0.2) is 41.4 Å². The number of imidazole rings is 1. The Bertz CT molecular complexity index is 1710. The molecule has 38 heavy (non-hydrogen) atoms. The molecule has 0 aliphatic heterocycles. The minimum Gasteiger partial charge on any atom is -0.345 e. The van der Waals surface area contributed by atoms with Crippen molar-refractivity contribution >= 4 is 22.1 Å². The van der Waals surface area contributed by atoms with Crippen molar-refractivity contribution in [2.24, 2.45) is 5.92 Å². The maximum Gasteiger partial charge on any atom is 0.140 e. The standard InChI is InChI=1S/C30H28N8/c1-2-5-19(4-1)10-32-11-20-8-22(14-33-12-20)23-9-24-26(17-36-29(24)35-15-23)30-37-27-18-34-16-25(28(27)38-30)21-6-3-7-31-13-21/h3,6-9,12-19,32H,1-2,4-5,10-11H2,(H,35,36)(H,37,38). The molecule has 3 N–H and O–H groups in total. The van der Waals surface area contributed by atoms with E-state index in [1.54, 1.807) is 6.20 Å². The molecular formula is C30H28N8. The van der Waals surface area contributed by atoms with E-state index in [2.05, 4.69) is 42.4 Å². The summed E-state index contributed by atoms with van der Waals surface area (Å²) in [4.78, 5) is 29.6. The summed E-state index contributed by atoms with van der Waals surface area (Å²) in [5, 5.41) is 4.63. The van der Waals surface area contributed by atoms with Crippen molar-refractivity contribution < 1.29 is 0 Å². The number of hydrogen-bond donors (Lipinski definition) is 3. The van der Waals surface area contributed by atoms with E-state index in [9.17, 15) is 0 Å². The van der Waals surface area contributed by atoms with E-state index in [1.165, 1.54) is 31.2 Å². The number of rotatable bonds is 7. The van der Waals surface area contributed by atoms with Crippen molar-refractivity contribution in [2.45, 2.75) is 32.2 Å². The number of fused-ring (bicyclic) bond motifs is 2. The van der Waals surface area contributed by atoms with E-state index in [1.807, 2.05) is 55.5 Å². The predicted molar refractivity (Wildman–Crippen MR) is 149 cm³/mol. The Hall–Kier alpha value is -4.43. The topological polar surface area (TPSA) is 108 Å². The quantitative estimate of drug-likeness (QED) is 0.252. The Morgan fingerprint density at radius 1 is 0.868 bits per heavy atom. The van der Waals surface area contributed by atoms with E-state index in [4.69, 9.17) is 9.97 Å². The van der Waals surface area contributed by atoms with E-state index in [-0.39, 0.29) is 0 Å². The van der Waals surface area contributed by atoms with Gasteiger partial charge >= 0.3 is 0 Å². The van der Waals surface area contributed by atoms with Crippen molar-refractivity contribution in [2.75, 3.05) is 6.54 Å². The zero-order valence-electron chi connectivity index (χ0n) is 21.0. The lowest BCUT2D eigenvalue weighted by atomic mass is 10.1. The summed E-state index contributed by atoms with van der Waals surface area (Å²) in [7, 11) is 0. The van der Waals surface area contributed by atoms with Crippen LogP contribution in [0.4, 0.5) is 0 Å². The van der Waals surface area contributed by atoms with Gasteiger partial charge in [-0.1, -0.05) is 18.9 Å². The van der Waals surface area contributed by atoms with E-state index >= 15 is 0 Å². The Kier molecular flexibility index (Phi) is 5.86. The molecule has 0 spiro atoms. The summed E-state index contributed by atoms with van der Waals surface area (Å²) in [5.41, 5.74) is 8.71. The number of pyridine rings is 4. The fourth-order valence-electron chi connectivity index (χ4n) is 5.53. The third-order valence-corrected chi connectivity index (χ3v) is 7.52. The van der Waals surface area contributed by atoms with Crippen LogP contribution in [0.5, 0.6) is 0 Å². The van der Waals surface area contributed by atoms with Crippen molar-refractivity contribution in [1.82, 2.24) is 40.2 Å². The Balaban J connectivity index is 1.20. The molecule has 0 aromatic carbocycles. The number of aromatic amines is 2. The van der Waals surface area contributed by atoms with Gasteiger partial charge in [-0.15, -0.1) is 0 Å². The normalized spacial score (nSPS) is 14.1. The third-order valence-electron chi connectivity index (χ3n) is 7.52. The van der Waals surface area contributed by atoms with Gasteiger partial charge in [-0.25, -0.2) is 9.97 Å². The maximum absolute atomic E-state index is 4.97. The highest BCUT2D eigenvalue weighted by molar-refractivity contribution is 5.98. The number of nitrogens with one attached hydrogen (secondary N) is 3. The first kappa shape index (κ1) is 22.7. The third kappa shape index (κ3) is 4.33. The van der Waals surface area contributed by atoms with Gasteiger partial charge in [0.2, 0.25) is 0 Å². The van der Waals surface area contributed by atoms with Crippen LogP contribution in [0.2, 0.25) is 0 Å². The van der Waals surface area contributed by atoms with Crippen molar-refractivity contribution in [3.05, 3.63) is 79.4 Å². The average molecular weight is 501 g/mol. The van der Waals surface area contributed by atoms with E-state index in [0.717, 1.165) is 74.7 Å². The molecule has 0 radical (unpaired) electrons. The van der Waals surface area contributed by atoms with Gasteiger partial charge in [0, 0.05) is 83.1 Å². The molecule has 8 heteroatoms. The van der Waals surface area contributed by atoms with Gasteiger partial charge in [0.15, 0.2) is 0 Å². The molecule has 7 rings (SSSR count). The average Bonchev–Trinajstić information content (AvgIpc) is 3.73. The van der Waals surface area contributed by atoms with Gasteiger partial charge in [-0.2, -0.15) is 0 Å². The summed E-state index contributed by atoms with van der Waals surface area (Å²) in [6, 6.07) is 8.31. The monoisotopic (exact) mass is 500 g/mol. The highest BCUT2D eigenvalue weighted by atomic mass is 14.9. The molecule has 0 atom stereocenters. The van der Waals surface area contributed by atoms with Crippen LogP contribution in [0.1, 0.15) is 31.2 Å². The second-order valence-electron chi connectivity index (χ2n) is 10.1. The molecule has 1 aliphatic carbocycles. The minimum absolute atomic E-state index is 0.770. The van der Waals surface area contributed by atoms with Crippen LogP contribution in [-0.2, 0) is 6.54 Å². The van der Waals surface area contributed by atoms with Gasteiger partial charge in [-0.05, 0) is 49.1 Å². The molecule has 0 unspecified atom stereocenters. The van der Waals surface area contributed by atoms with Crippen LogP contribution in [0, 0.1) is 5.92 Å². The Morgan fingerprint density at radius 3 is 2.63 bits per heavy atom. The summed E-state index contributed by atoms with van der Waals surface area (Å²) in [6.07, 6.45) is 20.4. The highest BCUT2D eigenvalue weighted by Crippen LogP contribution is 2.33. The van der Waals surface area contributed by atoms with Crippen LogP contribution < -0.4 is 5.32 Å². The molecule has 0 amide bonds. The highest BCUT2D eigenvalue weighted by Gasteiger charge is 2.16. The lowest BCUT2D eigenvalue weighted by Gasteiger charge is -2.11. The first-order chi connectivity index (χ1) is 18.8. The van der Waals surface area contributed by atoms with E-state index in [0.29, 0.717) is 0 Å². The van der Waals surface area contributed by atoms with Crippen LogP contribution in [0.3, 0.4) is 0 Å². The Labute approximate surface area is 220 Å². The maximum atomic E-state index is 4.97. The van der Waals surface area contributed by atoms with Gasteiger partial charge in [0.1, 0.15) is 11.5 Å². The van der Waals surface area contributed by atoms with Gasteiger partial charge in [0.25, 0.3) is 0 Å². The predicted octanol–water partition coefficient (Wildman–Crippen LogP) is 5.91. The first-order valence-corrected chi connectivity index (χ1v) is 13.2. The van der Waals surface area contributed by atoms with Crippen LogP contribution in [0.25, 0.3) is 55.7 Å². The van der Waals surface area contributed by atoms with Gasteiger partial charge in [-0.3, -0.25) is 15.0 Å². The number of nitrogens with zero attached hydrogens (tertiary/aromatic N) is 5. The molecule has 1 aliphatic rings. The molecule has 6 aromatic heterocycles. The second-order valence-corrected chi connectivity index (χ2v) is 10.1. The van der Waals surface area contributed by atoms with Gasteiger partial charge in [0.05, 0.1) is 17.2 Å². The lowest BCUT2D eigenvalue weighted by Crippen LogP contribution is -2.20. The molecule has 1 saturated carbocycles. The van der Waals surface area contributed by atoms with Crippen LogP contribution >= 0.6 is 0 Å². The summed E-state index contributed by atoms with van der Waals surface area (Å²) >= 11 is 0. The molecule has 1 fully saturated rings. The van der Waals surface area contributed by atoms with Gasteiger partial charge < -0.3 is 15.3 Å². The summed E-state index contributed by atoms with van der Waals surface area (Å²) in [5.74, 6) is 1.59. The molecule has 6 aromatic rings. The number of H-pyrrole nitrogens is 2. The number of aromatic nitrogens is 7. The fraction of sp³-hybridized carbons (Fsp3) is 0.233. The SMILES string of the molecule is c1cncc(-c2cncc3[nH]c(-c4c[nH]c5ncc(-c6cncc(CNCC7CCCC7)c6)cc45)nc23)c1. The lowest BCUT2D eigenvalue weighted by molar-refractivity contribution is 0.489. The van der Waals surface area contributed by atoms with E-state index < -0.39 is 0 Å². The van der Waals surface area contributed by atoms with Crippen LogP contribution in [0.15, 0.2) is 73.8 Å². The zero-order valence-corrected chi connectivity index (χ0v) is 21.0. The summed E-state index contributed by atoms with van der Waals surface area (Å²) < 4.78 is 0. The molecule has 188 valence electrons. The molecule has 0 saturated heterocycles. The minimum atomic E-state index is 0.770. The largest absolute Gasteiger partial charge is 0.345 e. The molecule has 8 nitrogen and oxygen atoms in total. The molecule has 0 bridgehead atoms. The van der Waals surface area contributed by atoms with Crippen molar-refractivity contribution in [3.63, 3.8) is 0 Å². The zero-order chi connectivity index (χ0) is 25.3. The molecule has 6 heterocycles. The molecular weight excluding hydrogens is 472 g/mol. The smallest absolute Gasteiger partial charge is 0.140 e. The van der Waals surface area contributed by atoms with Crippen molar-refractivity contribution in [3.8, 4) is 33.6 Å². The first-order valence-electron chi connectivity index (χ1n) is 13.2.